The molecule has 0 aromatic heterocycles. The minimum absolute atomic E-state index is 0.500. The molecule has 2 atom stereocenters. The number of rotatable bonds is 5. The van der Waals surface area contributed by atoms with Gasteiger partial charge in [0.2, 0.25) is 0 Å². The average molecular weight is 292 g/mol. The van der Waals surface area contributed by atoms with Gasteiger partial charge in [-0.3, -0.25) is 9.80 Å². The number of aliphatic hydroxyl groups is 1. The largest absolute Gasteiger partial charge is 0.496 e. The Hall–Kier alpha value is -1.10. The number of methoxy groups -OCH3 is 1. The second kappa shape index (κ2) is 7.25. The lowest BCUT2D eigenvalue weighted by molar-refractivity contribution is 0.0471. The summed E-state index contributed by atoms with van der Waals surface area (Å²) in [6.07, 6.45) is -0.500. The minimum Gasteiger partial charge on any atom is -0.496 e. The van der Waals surface area contributed by atoms with Crippen LogP contribution in [0.15, 0.2) is 18.2 Å². The maximum Gasteiger partial charge on any atom is 0.124 e. The van der Waals surface area contributed by atoms with Crippen LogP contribution in [-0.2, 0) is 0 Å². The van der Waals surface area contributed by atoms with Crippen molar-refractivity contribution in [2.75, 3.05) is 39.8 Å². The van der Waals surface area contributed by atoms with Gasteiger partial charge in [-0.15, -0.1) is 0 Å². The van der Waals surface area contributed by atoms with Gasteiger partial charge in [-0.05, 0) is 32.5 Å². The monoisotopic (exact) mass is 292 g/mol. The first-order valence-electron chi connectivity index (χ1n) is 7.84. The summed E-state index contributed by atoms with van der Waals surface area (Å²) in [5.41, 5.74) is 2.04. The van der Waals surface area contributed by atoms with E-state index in [4.69, 9.17) is 4.74 Å². The summed E-state index contributed by atoms with van der Waals surface area (Å²) >= 11 is 0. The predicted octanol–water partition coefficient (Wildman–Crippen LogP) is 2.06. The molecule has 1 aliphatic rings. The number of likely N-dealkylation sites (N-methyl/N-ethyl adjacent to an activating group) is 1. The summed E-state index contributed by atoms with van der Waals surface area (Å²) in [6.45, 7) is 11.4. The van der Waals surface area contributed by atoms with Crippen LogP contribution in [0.2, 0.25) is 0 Å². The molecule has 2 unspecified atom stereocenters. The molecule has 4 heteroatoms. The molecule has 1 aliphatic heterocycles. The number of β-amino-alcohol motifs (C(OH)–C–C–N with tert-alkyl or cyclic N) is 1. The van der Waals surface area contributed by atoms with Crippen LogP contribution in [0, 0.1) is 6.92 Å². The van der Waals surface area contributed by atoms with Crippen LogP contribution in [-0.4, -0.2) is 60.8 Å². The van der Waals surface area contributed by atoms with Gasteiger partial charge in [0.05, 0.1) is 13.2 Å². The van der Waals surface area contributed by atoms with Gasteiger partial charge in [0, 0.05) is 37.8 Å². The lowest BCUT2D eigenvalue weighted by Crippen LogP contribution is -2.52. The van der Waals surface area contributed by atoms with Gasteiger partial charge >= 0.3 is 0 Å². The summed E-state index contributed by atoms with van der Waals surface area (Å²) in [4.78, 5) is 4.83. The van der Waals surface area contributed by atoms with Crippen molar-refractivity contribution < 1.29 is 9.84 Å². The Labute approximate surface area is 128 Å². The fourth-order valence-corrected chi connectivity index (χ4v) is 3.16. The number of hydrogen-bond acceptors (Lipinski definition) is 4. The van der Waals surface area contributed by atoms with E-state index in [-0.39, 0.29) is 0 Å². The molecule has 21 heavy (non-hydrogen) atoms. The van der Waals surface area contributed by atoms with E-state index in [1.165, 1.54) is 0 Å². The van der Waals surface area contributed by atoms with Crippen LogP contribution in [0.1, 0.15) is 31.1 Å². The Kier molecular flexibility index (Phi) is 5.62. The van der Waals surface area contributed by atoms with Crippen molar-refractivity contribution in [2.24, 2.45) is 0 Å². The Bertz CT molecular complexity index is 464. The Morgan fingerprint density at radius 3 is 2.76 bits per heavy atom. The van der Waals surface area contributed by atoms with Crippen molar-refractivity contribution in [1.29, 1.82) is 0 Å². The van der Waals surface area contributed by atoms with Crippen molar-refractivity contribution in [3.05, 3.63) is 29.3 Å². The lowest BCUT2D eigenvalue weighted by Gasteiger charge is -2.40. The fraction of sp³-hybridized carbons (Fsp3) is 0.647. The topological polar surface area (TPSA) is 35.9 Å². The van der Waals surface area contributed by atoms with E-state index < -0.39 is 6.10 Å². The second-order valence-corrected chi connectivity index (χ2v) is 6.00. The number of nitrogens with zero attached hydrogens (tertiary/aromatic N) is 2. The lowest BCUT2D eigenvalue weighted by atomic mass is 10.0. The third kappa shape index (κ3) is 3.96. The summed E-state index contributed by atoms with van der Waals surface area (Å²) in [7, 11) is 1.66. The first-order valence-corrected chi connectivity index (χ1v) is 7.84. The van der Waals surface area contributed by atoms with E-state index in [1.54, 1.807) is 7.11 Å². The third-order valence-corrected chi connectivity index (χ3v) is 4.43. The van der Waals surface area contributed by atoms with Crippen LogP contribution in [0.4, 0.5) is 0 Å². The summed E-state index contributed by atoms with van der Waals surface area (Å²) in [5.74, 6) is 0.772. The van der Waals surface area contributed by atoms with Crippen molar-refractivity contribution in [1.82, 2.24) is 9.80 Å². The highest BCUT2D eigenvalue weighted by atomic mass is 16.5. The summed E-state index contributed by atoms with van der Waals surface area (Å²) in [5, 5.41) is 10.6. The summed E-state index contributed by atoms with van der Waals surface area (Å²) < 4.78 is 5.38. The molecule has 1 N–H and O–H groups in total. The number of aliphatic hydroxyl groups excluding tert-OH is 1. The molecule has 0 aliphatic carbocycles. The average Bonchev–Trinajstić information content (AvgIpc) is 2.47. The normalized spacial score (nSPS) is 22.2. The molecular weight excluding hydrogens is 264 g/mol. The first-order chi connectivity index (χ1) is 10.0. The zero-order valence-corrected chi connectivity index (χ0v) is 13.7. The van der Waals surface area contributed by atoms with Gasteiger partial charge in [-0.1, -0.05) is 18.6 Å². The molecule has 1 aromatic rings. The quantitative estimate of drug-likeness (QED) is 0.901. The number of hydrogen-bond donors (Lipinski definition) is 1. The molecular formula is C17H28N2O2. The second-order valence-electron chi connectivity index (χ2n) is 6.00. The van der Waals surface area contributed by atoms with Gasteiger partial charge in [-0.2, -0.15) is 0 Å². The van der Waals surface area contributed by atoms with E-state index in [2.05, 4.69) is 23.6 Å². The minimum atomic E-state index is -0.500. The van der Waals surface area contributed by atoms with E-state index in [9.17, 15) is 5.11 Å². The number of piperazine rings is 1. The molecule has 2 rings (SSSR count). The fourth-order valence-electron chi connectivity index (χ4n) is 3.16. The molecule has 0 saturated carbocycles. The smallest absolute Gasteiger partial charge is 0.124 e. The van der Waals surface area contributed by atoms with Gasteiger partial charge in [-0.25, -0.2) is 0 Å². The Morgan fingerprint density at radius 2 is 2.14 bits per heavy atom. The maximum absolute atomic E-state index is 10.6. The SMILES string of the molecule is CCN1CCN(CC(O)c2cc(C)ccc2OC)CC1C. The third-order valence-electron chi connectivity index (χ3n) is 4.43. The van der Waals surface area contributed by atoms with Crippen molar-refractivity contribution in [3.63, 3.8) is 0 Å². The maximum atomic E-state index is 10.6. The Balaban J connectivity index is 2.02. The highest BCUT2D eigenvalue weighted by molar-refractivity contribution is 5.38. The number of benzene rings is 1. The zero-order chi connectivity index (χ0) is 15.4. The van der Waals surface area contributed by atoms with Crippen molar-refractivity contribution in [3.8, 4) is 5.75 Å². The molecule has 0 radical (unpaired) electrons. The van der Waals surface area contributed by atoms with E-state index >= 15 is 0 Å². The molecule has 4 nitrogen and oxygen atoms in total. The van der Waals surface area contributed by atoms with E-state index in [1.807, 2.05) is 25.1 Å². The zero-order valence-electron chi connectivity index (χ0n) is 13.7. The molecule has 0 amide bonds. The standard InChI is InChI=1S/C17H28N2O2/c1-5-19-9-8-18(11-14(19)3)12-16(20)15-10-13(2)6-7-17(15)21-4/h6-7,10,14,16,20H,5,8-9,11-12H2,1-4H3. The molecule has 1 saturated heterocycles. The van der Waals surface area contributed by atoms with Crippen LogP contribution in [0.3, 0.4) is 0 Å². The van der Waals surface area contributed by atoms with Crippen molar-refractivity contribution in [2.45, 2.75) is 32.9 Å². The van der Waals surface area contributed by atoms with Crippen molar-refractivity contribution >= 4 is 0 Å². The molecule has 1 heterocycles. The molecule has 1 fully saturated rings. The predicted molar refractivity (Wildman–Crippen MR) is 85.8 cm³/mol. The Morgan fingerprint density at radius 1 is 1.38 bits per heavy atom. The van der Waals surface area contributed by atoms with Gasteiger partial charge < -0.3 is 9.84 Å². The highest BCUT2D eigenvalue weighted by Gasteiger charge is 2.25. The molecule has 0 spiro atoms. The van der Waals surface area contributed by atoms with Crippen LogP contribution >= 0.6 is 0 Å². The first kappa shape index (κ1) is 16.3. The van der Waals surface area contributed by atoms with E-state index in [0.717, 1.165) is 43.1 Å². The molecule has 1 aromatic carbocycles. The number of aryl methyl sites for hydroxylation is 1. The van der Waals surface area contributed by atoms with Gasteiger partial charge in [0.25, 0.3) is 0 Å². The number of ether oxygens (including phenoxy) is 1. The van der Waals surface area contributed by atoms with Gasteiger partial charge in [0.1, 0.15) is 5.75 Å². The highest BCUT2D eigenvalue weighted by Crippen LogP contribution is 2.27. The van der Waals surface area contributed by atoms with Gasteiger partial charge in [0.15, 0.2) is 0 Å². The van der Waals surface area contributed by atoms with Crippen LogP contribution < -0.4 is 4.74 Å². The summed E-state index contributed by atoms with van der Waals surface area (Å²) in [6, 6.07) is 6.52. The van der Waals surface area contributed by atoms with Crippen LogP contribution in [0.5, 0.6) is 5.75 Å². The molecule has 0 bridgehead atoms. The molecule has 118 valence electrons. The van der Waals surface area contributed by atoms with E-state index in [0.29, 0.717) is 12.6 Å². The van der Waals surface area contributed by atoms with Crippen LogP contribution in [0.25, 0.3) is 0 Å².